The topological polar surface area (TPSA) is 81.9 Å². The Morgan fingerprint density at radius 2 is 1.77 bits per heavy atom. The molecule has 3 rings (SSSR count). The molecule has 3 aromatic rings. The predicted molar refractivity (Wildman–Crippen MR) is 90.1 cm³/mol. The van der Waals surface area contributed by atoms with Crippen LogP contribution in [0.1, 0.15) is 21.6 Å². The molecule has 30 heavy (non-hydrogen) atoms. The van der Waals surface area contributed by atoms with Crippen molar-refractivity contribution in [2.75, 3.05) is 12.4 Å². The maximum atomic E-state index is 13.6. The van der Waals surface area contributed by atoms with Crippen molar-refractivity contribution in [3.63, 3.8) is 0 Å². The first-order valence-electron chi connectivity index (χ1n) is 8.02. The number of amides is 1. The van der Waals surface area contributed by atoms with Gasteiger partial charge in [0.1, 0.15) is 0 Å². The third-order valence-corrected chi connectivity index (χ3v) is 3.78. The van der Waals surface area contributed by atoms with Gasteiger partial charge in [-0.3, -0.25) is 4.79 Å². The average molecular weight is 431 g/mol. The average Bonchev–Trinajstić information content (AvgIpc) is 3.13. The monoisotopic (exact) mass is 431 g/mol. The van der Waals surface area contributed by atoms with Crippen molar-refractivity contribution in [2.24, 2.45) is 0 Å². The highest BCUT2D eigenvalue weighted by Gasteiger charge is 2.41. The van der Waals surface area contributed by atoms with E-state index in [2.05, 4.69) is 15.3 Å². The number of hydrogen-bond acceptors (Lipinski definition) is 5. The van der Waals surface area contributed by atoms with Crippen molar-refractivity contribution in [1.82, 2.24) is 20.0 Å². The fraction of sp³-hybridized carbons (Fsp3) is 0.176. The number of ether oxygens (including phenoxy) is 1. The SMILES string of the molecule is COc1ccc(-n2ncc(C(=O)Nc3cccc(C(F)(F)F)c3)c2C(F)(F)F)nn1. The van der Waals surface area contributed by atoms with Gasteiger partial charge in [-0.05, 0) is 24.3 Å². The molecule has 0 radical (unpaired) electrons. The summed E-state index contributed by atoms with van der Waals surface area (Å²) in [5.41, 5.74) is -3.77. The minimum absolute atomic E-state index is 0.0435. The van der Waals surface area contributed by atoms with Crippen LogP contribution < -0.4 is 10.1 Å². The van der Waals surface area contributed by atoms with E-state index in [9.17, 15) is 31.1 Å². The molecule has 0 aliphatic carbocycles. The number of carbonyl (C=O) groups is 1. The molecule has 1 N–H and O–H groups in total. The van der Waals surface area contributed by atoms with E-state index in [1.165, 1.54) is 13.2 Å². The summed E-state index contributed by atoms with van der Waals surface area (Å²) >= 11 is 0. The molecule has 0 saturated heterocycles. The minimum atomic E-state index is -5.03. The lowest BCUT2D eigenvalue weighted by atomic mass is 10.1. The number of anilines is 1. The van der Waals surface area contributed by atoms with E-state index >= 15 is 0 Å². The first-order chi connectivity index (χ1) is 14.0. The largest absolute Gasteiger partial charge is 0.480 e. The third-order valence-electron chi connectivity index (χ3n) is 3.78. The summed E-state index contributed by atoms with van der Waals surface area (Å²) in [6.07, 6.45) is -9.08. The van der Waals surface area contributed by atoms with Crippen LogP contribution in [0.4, 0.5) is 32.0 Å². The van der Waals surface area contributed by atoms with Crippen LogP contribution in [0.15, 0.2) is 42.6 Å². The molecule has 7 nitrogen and oxygen atoms in total. The Morgan fingerprint density at radius 3 is 2.33 bits per heavy atom. The maximum absolute atomic E-state index is 13.6. The third kappa shape index (κ3) is 4.34. The highest BCUT2D eigenvalue weighted by atomic mass is 19.4. The molecular weight excluding hydrogens is 420 g/mol. The predicted octanol–water partition coefficient (Wildman–Crippen LogP) is 3.96. The Balaban J connectivity index is 1.98. The Hall–Kier alpha value is -3.64. The van der Waals surface area contributed by atoms with E-state index in [1.807, 2.05) is 5.32 Å². The lowest BCUT2D eigenvalue weighted by Gasteiger charge is -2.13. The van der Waals surface area contributed by atoms with Gasteiger partial charge in [0.05, 0.1) is 24.4 Å². The van der Waals surface area contributed by atoms with Gasteiger partial charge in [-0.15, -0.1) is 10.2 Å². The minimum Gasteiger partial charge on any atom is -0.480 e. The molecule has 13 heteroatoms. The van der Waals surface area contributed by atoms with Crippen molar-refractivity contribution in [1.29, 1.82) is 0 Å². The van der Waals surface area contributed by atoms with E-state index in [0.29, 0.717) is 16.9 Å². The number of benzene rings is 1. The maximum Gasteiger partial charge on any atom is 0.434 e. The van der Waals surface area contributed by atoms with Gasteiger partial charge in [0, 0.05) is 11.8 Å². The smallest absolute Gasteiger partial charge is 0.434 e. The fourth-order valence-corrected chi connectivity index (χ4v) is 2.47. The zero-order valence-corrected chi connectivity index (χ0v) is 14.9. The molecule has 0 aliphatic rings. The summed E-state index contributed by atoms with van der Waals surface area (Å²) in [5, 5.41) is 12.7. The second kappa shape index (κ2) is 7.65. The standard InChI is InChI=1S/C17H11F6N5O2/c1-30-13-6-5-12(26-27-13)28-14(17(21,22)23)11(8-24-28)15(29)25-10-4-2-3-9(7-10)16(18,19)20/h2-8H,1H3,(H,25,29). The Bertz CT molecular complexity index is 1060. The van der Waals surface area contributed by atoms with Crippen LogP contribution in [0, 0.1) is 0 Å². The number of halogens is 6. The highest BCUT2D eigenvalue weighted by Crippen LogP contribution is 2.34. The van der Waals surface area contributed by atoms with Crippen LogP contribution in [-0.2, 0) is 12.4 Å². The first-order valence-corrected chi connectivity index (χ1v) is 8.02. The van der Waals surface area contributed by atoms with E-state index in [4.69, 9.17) is 4.74 Å². The molecule has 158 valence electrons. The number of hydrogen-bond donors (Lipinski definition) is 1. The normalized spacial score (nSPS) is 12.0. The Labute approximate surface area is 164 Å². The molecule has 1 aromatic carbocycles. The first kappa shape index (κ1) is 21.1. The van der Waals surface area contributed by atoms with Gasteiger partial charge in [0.25, 0.3) is 5.91 Å². The lowest BCUT2D eigenvalue weighted by molar-refractivity contribution is -0.143. The van der Waals surface area contributed by atoms with E-state index < -0.39 is 35.1 Å². The fourth-order valence-electron chi connectivity index (χ4n) is 2.47. The number of methoxy groups -OCH3 is 1. The molecule has 0 spiro atoms. The van der Waals surface area contributed by atoms with E-state index in [-0.39, 0.29) is 17.4 Å². The molecule has 0 aliphatic heterocycles. The van der Waals surface area contributed by atoms with Crippen LogP contribution in [0.5, 0.6) is 5.88 Å². The van der Waals surface area contributed by atoms with Crippen LogP contribution in [0.25, 0.3) is 5.82 Å². The lowest BCUT2D eigenvalue weighted by Crippen LogP contribution is -2.21. The second-order valence-corrected chi connectivity index (χ2v) is 5.78. The second-order valence-electron chi connectivity index (χ2n) is 5.78. The molecule has 0 atom stereocenters. The summed E-state index contributed by atoms with van der Waals surface area (Å²) in [4.78, 5) is 12.4. The number of nitrogens with zero attached hydrogens (tertiary/aromatic N) is 4. The van der Waals surface area contributed by atoms with Crippen molar-refractivity contribution in [3.8, 4) is 11.7 Å². The molecule has 1 amide bonds. The van der Waals surface area contributed by atoms with Gasteiger partial charge in [-0.2, -0.15) is 31.4 Å². The number of carbonyl (C=O) groups excluding carboxylic acids is 1. The Kier molecular flexibility index (Phi) is 5.37. The summed E-state index contributed by atoms with van der Waals surface area (Å²) in [5.74, 6) is -1.60. The van der Waals surface area contributed by atoms with Gasteiger partial charge < -0.3 is 10.1 Å². The van der Waals surface area contributed by atoms with Gasteiger partial charge in [-0.1, -0.05) is 6.07 Å². The quantitative estimate of drug-likeness (QED) is 0.633. The highest BCUT2D eigenvalue weighted by molar-refractivity contribution is 6.05. The van der Waals surface area contributed by atoms with Gasteiger partial charge in [-0.25, -0.2) is 4.68 Å². The molecule has 0 bridgehead atoms. The molecular formula is C17H11F6N5O2. The summed E-state index contributed by atoms with van der Waals surface area (Å²) < 4.78 is 84.4. The van der Waals surface area contributed by atoms with Gasteiger partial charge in [0.15, 0.2) is 11.5 Å². The van der Waals surface area contributed by atoms with Crippen LogP contribution in [0.2, 0.25) is 0 Å². The number of rotatable bonds is 4. The number of alkyl halides is 6. The number of aromatic nitrogens is 4. The molecule has 0 saturated carbocycles. The summed E-state index contributed by atoms with van der Waals surface area (Å²) in [6, 6.07) is 5.87. The van der Waals surface area contributed by atoms with Gasteiger partial charge >= 0.3 is 12.4 Å². The zero-order valence-electron chi connectivity index (χ0n) is 14.9. The number of nitrogens with one attached hydrogen (secondary N) is 1. The summed E-state index contributed by atoms with van der Waals surface area (Å²) in [7, 11) is 1.29. The van der Waals surface area contributed by atoms with E-state index in [1.54, 1.807) is 0 Å². The van der Waals surface area contributed by atoms with Crippen LogP contribution in [0.3, 0.4) is 0 Å². The summed E-state index contributed by atoms with van der Waals surface area (Å²) in [6.45, 7) is 0. The van der Waals surface area contributed by atoms with Crippen molar-refractivity contribution < 1.29 is 35.9 Å². The van der Waals surface area contributed by atoms with Crippen LogP contribution in [-0.4, -0.2) is 33.0 Å². The van der Waals surface area contributed by atoms with E-state index in [0.717, 1.165) is 24.3 Å². The van der Waals surface area contributed by atoms with Crippen molar-refractivity contribution in [2.45, 2.75) is 12.4 Å². The zero-order chi connectivity index (χ0) is 22.1. The molecule has 0 fully saturated rings. The molecule has 0 unspecified atom stereocenters. The molecule has 2 heterocycles. The van der Waals surface area contributed by atoms with Crippen molar-refractivity contribution in [3.05, 3.63) is 59.4 Å². The van der Waals surface area contributed by atoms with Crippen molar-refractivity contribution >= 4 is 11.6 Å². The van der Waals surface area contributed by atoms with Gasteiger partial charge in [0.2, 0.25) is 5.88 Å². The van der Waals surface area contributed by atoms with Crippen LogP contribution >= 0.6 is 0 Å². The Morgan fingerprint density at radius 1 is 1.03 bits per heavy atom. The molecule has 2 aromatic heterocycles.